The summed E-state index contributed by atoms with van der Waals surface area (Å²) in [6.45, 7) is 4.37. The zero-order chi connectivity index (χ0) is 21.1. The summed E-state index contributed by atoms with van der Waals surface area (Å²) < 4.78 is 20.5. The minimum Gasteiger partial charge on any atom is -0.507 e. The molecule has 0 bridgehead atoms. The van der Waals surface area contributed by atoms with Crippen molar-refractivity contribution in [2.75, 3.05) is 0 Å². The van der Waals surface area contributed by atoms with Gasteiger partial charge in [0.1, 0.15) is 23.7 Å². The second-order valence-corrected chi connectivity index (χ2v) is 8.55. The van der Waals surface area contributed by atoms with Gasteiger partial charge in [-0.3, -0.25) is 4.98 Å². The first kappa shape index (κ1) is 20.4. The number of alkyl halides is 1. The monoisotopic (exact) mass is 410 g/mol. The number of fused-ring (bicyclic) bond motifs is 1. The number of aromatic hydroxyl groups is 1. The first-order valence-corrected chi connectivity index (χ1v) is 10.5. The fourth-order valence-electron chi connectivity index (χ4n) is 4.48. The standard InChI is InChI=1S/C23H27FN4O2/c1-3-7-23(2)8-4-5-18(24)21(12-23)30-22-26-14-19(27-28-22)17-10-15-6-9-25-13-16(15)11-20(17)29/h6,9-11,13-14,18,21,29H,3-5,7-8,12H2,1-2H3/t18-,21-,23-/m1/s1. The number of rotatable bonds is 5. The summed E-state index contributed by atoms with van der Waals surface area (Å²) >= 11 is 0. The number of phenols is 1. The van der Waals surface area contributed by atoms with Crippen LogP contribution in [0.25, 0.3) is 22.0 Å². The molecule has 1 aliphatic rings. The van der Waals surface area contributed by atoms with Crippen molar-refractivity contribution < 1.29 is 14.2 Å². The lowest BCUT2D eigenvalue weighted by Gasteiger charge is -2.31. The highest BCUT2D eigenvalue weighted by molar-refractivity contribution is 5.89. The maximum atomic E-state index is 14.7. The van der Waals surface area contributed by atoms with Gasteiger partial charge >= 0.3 is 6.01 Å². The molecule has 2 aromatic heterocycles. The Hall–Kier alpha value is -2.83. The molecule has 2 heterocycles. The summed E-state index contributed by atoms with van der Waals surface area (Å²) in [4.78, 5) is 8.30. The first-order chi connectivity index (χ1) is 14.5. The van der Waals surface area contributed by atoms with E-state index in [9.17, 15) is 9.50 Å². The lowest BCUT2D eigenvalue weighted by molar-refractivity contribution is 0.0560. The SMILES string of the molecule is CCC[C@]1(C)CCC[C@@H](F)[C@H](Oc2ncc(-c3cc4ccncc4cc3O)nn2)C1. The Kier molecular flexibility index (Phi) is 5.79. The second-order valence-electron chi connectivity index (χ2n) is 8.55. The van der Waals surface area contributed by atoms with E-state index in [-0.39, 0.29) is 17.2 Å². The third kappa shape index (κ3) is 4.35. The Bertz CT molecular complexity index is 1010. The van der Waals surface area contributed by atoms with E-state index in [2.05, 4.69) is 34.0 Å². The maximum absolute atomic E-state index is 14.7. The molecule has 4 rings (SSSR count). The van der Waals surface area contributed by atoms with Crippen molar-refractivity contribution in [2.24, 2.45) is 5.41 Å². The molecule has 0 amide bonds. The molecule has 30 heavy (non-hydrogen) atoms. The summed E-state index contributed by atoms with van der Waals surface area (Å²) in [5.74, 6) is 0.0724. The van der Waals surface area contributed by atoms with Gasteiger partial charge in [0.15, 0.2) is 0 Å². The van der Waals surface area contributed by atoms with Crippen LogP contribution in [0.3, 0.4) is 0 Å². The molecular weight excluding hydrogens is 383 g/mol. The van der Waals surface area contributed by atoms with Crippen LogP contribution in [0.1, 0.15) is 52.4 Å². The van der Waals surface area contributed by atoms with Gasteiger partial charge in [0.05, 0.1) is 6.20 Å². The van der Waals surface area contributed by atoms with Gasteiger partial charge < -0.3 is 9.84 Å². The van der Waals surface area contributed by atoms with Crippen LogP contribution in [0, 0.1) is 5.41 Å². The topological polar surface area (TPSA) is 81.0 Å². The van der Waals surface area contributed by atoms with Gasteiger partial charge in [0.25, 0.3) is 0 Å². The number of nitrogens with zero attached hydrogens (tertiary/aromatic N) is 4. The van der Waals surface area contributed by atoms with E-state index in [0.29, 0.717) is 24.1 Å². The fraction of sp³-hybridized carbons (Fsp3) is 0.478. The number of pyridine rings is 1. The van der Waals surface area contributed by atoms with E-state index < -0.39 is 12.3 Å². The quantitative estimate of drug-likeness (QED) is 0.578. The zero-order valence-electron chi connectivity index (χ0n) is 17.4. The summed E-state index contributed by atoms with van der Waals surface area (Å²) in [5.41, 5.74) is 1.01. The average Bonchev–Trinajstić information content (AvgIpc) is 2.86. The molecule has 3 aromatic rings. The molecule has 0 unspecified atom stereocenters. The number of phenolic OH excluding ortho intramolecular Hbond substituents is 1. The van der Waals surface area contributed by atoms with Crippen molar-refractivity contribution in [3.63, 3.8) is 0 Å². The number of benzene rings is 1. The molecule has 3 atom stereocenters. The Balaban J connectivity index is 1.54. The highest BCUT2D eigenvalue weighted by Crippen LogP contribution is 2.40. The van der Waals surface area contributed by atoms with Gasteiger partial charge in [-0.05, 0) is 61.1 Å². The smallest absolute Gasteiger partial charge is 0.336 e. The van der Waals surface area contributed by atoms with Gasteiger partial charge in [0.2, 0.25) is 0 Å². The van der Waals surface area contributed by atoms with Gasteiger partial charge in [-0.2, -0.15) is 0 Å². The fourth-order valence-corrected chi connectivity index (χ4v) is 4.48. The minimum atomic E-state index is -1.04. The highest BCUT2D eigenvalue weighted by atomic mass is 19.1. The Morgan fingerprint density at radius 3 is 2.87 bits per heavy atom. The summed E-state index contributed by atoms with van der Waals surface area (Å²) in [7, 11) is 0. The van der Waals surface area contributed by atoms with Crippen LogP contribution < -0.4 is 4.74 Å². The van der Waals surface area contributed by atoms with Crippen molar-refractivity contribution in [3.05, 3.63) is 36.8 Å². The first-order valence-electron chi connectivity index (χ1n) is 10.5. The van der Waals surface area contributed by atoms with Crippen molar-refractivity contribution in [1.29, 1.82) is 0 Å². The van der Waals surface area contributed by atoms with Crippen LogP contribution in [0.2, 0.25) is 0 Å². The molecule has 0 spiro atoms. The lowest BCUT2D eigenvalue weighted by Crippen LogP contribution is -2.33. The van der Waals surface area contributed by atoms with Gasteiger partial charge in [-0.25, -0.2) is 9.37 Å². The minimum absolute atomic E-state index is 0.0663. The second kappa shape index (κ2) is 8.50. The molecule has 1 fully saturated rings. The van der Waals surface area contributed by atoms with Gasteiger partial charge in [0, 0.05) is 23.3 Å². The molecule has 7 heteroatoms. The predicted molar refractivity (Wildman–Crippen MR) is 113 cm³/mol. The van der Waals surface area contributed by atoms with Gasteiger partial charge in [-0.1, -0.05) is 25.4 Å². The normalized spacial score (nSPS) is 24.5. The van der Waals surface area contributed by atoms with Gasteiger partial charge in [-0.15, -0.1) is 5.10 Å². The maximum Gasteiger partial charge on any atom is 0.336 e. The lowest BCUT2D eigenvalue weighted by atomic mass is 9.78. The number of aromatic nitrogens is 4. The molecule has 1 N–H and O–H groups in total. The molecule has 158 valence electrons. The molecule has 0 aliphatic heterocycles. The van der Waals surface area contributed by atoms with Crippen molar-refractivity contribution in [1.82, 2.24) is 20.2 Å². The summed E-state index contributed by atoms with van der Waals surface area (Å²) in [6.07, 6.45) is 8.40. The predicted octanol–water partition coefficient (Wildman–Crippen LogP) is 5.26. The molecule has 1 saturated carbocycles. The van der Waals surface area contributed by atoms with E-state index >= 15 is 0 Å². The number of hydrogen-bond donors (Lipinski definition) is 1. The van der Waals surface area contributed by atoms with Crippen LogP contribution in [-0.4, -0.2) is 37.5 Å². The number of halogens is 1. The largest absolute Gasteiger partial charge is 0.507 e. The van der Waals surface area contributed by atoms with Crippen LogP contribution in [0.15, 0.2) is 36.8 Å². The molecule has 0 saturated heterocycles. The van der Waals surface area contributed by atoms with Crippen LogP contribution >= 0.6 is 0 Å². The third-order valence-corrected chi connectivity index (χ3v) is 6.04. The van der Waals surface area contributed by atoms with E-state index in [1.807, 2.05) is 12.1 Å². The number of hydrogen-bond acceptors (Lipinski definition) is 6. The Labute approximate surface area is 175 Å². The Morgan fingerprint density at radius 1 is 1.23 bits per heavy atom. The molecule has 6 nitrogen and oxygen atoms in total. The summed E-state index contributed by atoms with van der Waals surface area (Å²) in [5, 5.41) is 20.3. The average molecular weight is 410 g/mol. The number of ether oxygens (including phenoxy) is 1. The van der Waals surface area contributed by atoms with Crippen LogP contribution in [0.5, 0.6) is 11.8 Å². The highest BCUT2D eigenvalue weighted by Gasteiger charge is 2.36. The van der Waals surface area contributed by atoms with Crippen molar-refractivity contribution >= 4 is 10.8 Å². The van der Waals surface area contributed by atoms with E-state index in [4.69, 9.17) is 4.74 Å². The molecular formula is C23H27FN4O2. The van der Waals surface area contributed by atoms with Crippen LogP contribution in [-0.2, 0) is 0 Å². The van der Waals surface area contributed by atoms with E-state index in [0.717, 1.165) is 36.5 Å². The van der Waals surface area contributed by atoms with Crippen molar-refractivity contribution in [3.8, 4) is 23.0 Å². The van der Waals surface area contributed by atoms with Crippen LogP contribution in [0.4, 0.5) is 4.39 Å². The van der Waals surface area contributed by atoms with Crippen molar-refractivity contribution in [2.45, 2.75) is 64.6 Å². The zero-order valence-corrected chi connectivity index (χ0v) is 17.4. The van der Waals surface area contributed by atoms with E-state index in [1.165, 1.54) is 6.20 Å². The molecule has 1 aromatic carbocycles. The molecule has 0 radical (unpaired) electrons. The van der Waals surface area contributed by atoms with E-state index in [1.54, 1.807) is 18.5 Å². The summed E-state index contributed by atoms with van der Waals surface area (Å²) in [6, 6.07) is 5.38. The molecule has 1 aliphatic carbocycles. The third-order valence-electron chi connectivity index (χ3n) is 6.04. The Morgan fingerprint density at radius 2 is 2.10 bits per heavy atom.